The van der Waals surface area contributed by atoms with Crippen LogP contribution in [-0.4, -0.2) is 31.8 Å². The molecule has 7 nitrogen and oxygen atoms in total. The number of phenolic OH excluding ortho intramolecular Hbond substituents is 1. The molecule has 0 fully saturated rings. The van der Waals surface area contributed by atoms with Crippen molar-refractivity contribution >= 4 is 44.3 Å². The fourth-order valence-corrected chi connectivity index (χ4v) is 5.50. The molecule has 0 radical (unpaired) electrons. The highest BCUT2D eigenvalue weighted by Gasteiger charge is 2.36. The van der Waals surface area contributed by atoms with Gasteiger partial charge in [0.05, 0.1) is 27.9 Å². The number of hydrogen-bond acceptors (Lipinski definition) is 6. The first kappa shape index (κ1) is 22.1. The second-order valence-electron chi connectivity index (χ2n) is 8.52. The van der Waals surface area contributed by atoms with Gasteiger partial charge in [-0.05, 0) is 35.9 Å². The Labute approximate surface area is 208 Å². The molecule has 9 heteroatoms. The van der Waals surface area contributed by atoms with Crippen molar-refractivity contribution in [3.05, 3.63) is 99.9 Å². The lowest BCUT2D eigenvalue weighted by molar-refractivity contribution is 0.0763. The number of nitrogens with one attached hydrogen (secondary N) is 1. The zero-order chi connectivity index (χ0) is 24.8. The van der Waals surface area contributed by atoms with Gasteiger partial charge in [-0.1, -0.05) is 30.3 Å². The van der Waals surface area contributed by atoms with Crippen molar-refractivity contribution in [2.24, 2.45) is 0 Å². The van der Waals surface area contributed by atoms with E-state index in [0.29, 0.717) is 16.5 Å². The summed E-state index contributed by atoms with van der Waals surface area (Å²) in [4.78, 5) is 37.2. The Morgan fingerprint density at radius 3 is 2.72 bits per heavy atom. The van der Waals surface area contributed by atoms with Crippen molar-refractivity contribution in [2.75, 3.05) is 0 Å². The lowest BCUT2D eigenvalue weighted by Crippen LogP contribution is -2.25. The van der Waals surface area contributed by atoms with Gasteiger partial charge in [0.15, 0.2) is 5.75 Å². The molecule has 6 rings (SSSR count). The van der Waals surface area contributed by atoms with Gasteiger partial charge < -0.3 is 15.3 Å². The molecular weight excluding hydrogens is 479 g/mol. The number of aromatic nitrogens is 2. The Balaban J connectivity index is 1.36. The van der Waals surface area contributed by atoms with Crippen LogP contribution >= 0.6 is 11.3 Å². The highest BCUT2D eigenvalue weighted by atomic mass is 32.1. The van der Waals surface area contributed by atoms with E-state index in [2.05, 4.69) is 15.3 Å². The van der Waals surface area contributed by atoms with Gasteiger partial charge in [-0.2, -0.15) is 0 Å². The minimum Gasteiger partial charge on any atom is -0.505 e. The van der Waals surface area contributed by atoms with Gasteiger partial charge in [-0.25, -0.2) is 9.37 Å². The number of thiazole rings is 1. The molecule has 36 heavy (non-hydrogen) atoms. The number of carbonyl (C=O) groups is 2. The van der Waals surface area contributed by atoms with Crippen molar-refractivity contribution in [1.29, 1.82) is 0 Å². The summed E-state index contributed by atoms with van der Waals surface area (Å²) in [5.41, 5.74) is 2.63. The van der Waals surface area contributed by atoms with E-state index in [-0.39, 0.29) is 48.2 Å². The zero-order valence-corrected chi connectivity index (χ0v) is 19.7. The van der Waals surface area contributed by atoms with E-state index in [9.17, 15) is 19.1 Å². The molecule has 0 spiro atoms. The van der Waals surface area contributed by atoms with Crippen LogP contribution in [0.15, 0.2) is 66.9 Å². The molecule has 0 unspecified atom stereocenters. The maximum Gasteiger partial charge on any atom is 0.258 e. The summed E-state index contributed by atoms with van der Waals surface area (Å²) < 4.78 is 14.4. The molecule has 3 heterocycles. The number of rotatable bonds is 5. The fourth-order valence-electron chi connectivity index (χ4n) is 4.59. The van der Waals surface area contributed by atoms with Crippen molar-refractivity contribution < 1.29 is 19.1 Å². The molecule has 0 saturated carbocycles. The summed E-state index contributed by atoms with van der Waals surface area (Å²) in [7, 11) is 0. The third-order valence-electron chi connectivity index (χ3n) is 6.24. The Morgan fingerprint density at radius 2 is 1.92 bits per heavy atom. The molecule has 2 N–H and O–H groups in total. The maximum atomic E-state index is 13.5. The summed E-state index contributed by atoms with van der Waals surface area (Å²) in [6.45, 7) is 0.570. The zero-order valence-electron chi connectivity index (χ0n) is 18.9. The van der Waals surface area contributed by atoms with E-state index in [1.54, 1.807) is 24.3 Å². The normalized spacial score (nSPS) is 12.9. The van der Waals surface area contributed by atoms with Crippen LogP contribution in [0, 0.1) is 5.82 Å². The minimum atomic E-state index is -0.403. The molecule has 0 aliphatic carbocycles. The number of hydrogen-bond donors (Lipinski definition) is 2. The highest BCUT2D eigenvalue weighted by Crippen LogP contribution is 2.40. The van der Waals surface area contributed by atoms with E-state index < -0.39 is 5.91 Å². The lowest BCUT2D eigenvalue weighted by atomic mass is 9.96. The molecule has 2 aromatic heterocycles. The van der Waals surface area contributed by atoms with E-state index in [1.165, 1.54) is 34.6 Å². The summed E-state index contributed by atoms with van der Waals surface area (Å²) in [5.74, 6) is -1.38. The van der Waals surface area contributed by atoms with Gasteiger partial charge >= 0.3 is 0 Å². The van der Waals surface area contributed by atoms with E-state index in [1.807, 2.05) is 24.3 Å². The number of pyridine rings is 1. The van der Waals surface area contributed by atoms with Gasteiger partial charge in [0.2, 0.25) is 0 Å². The monoisotopic (exact) mass is 498 g/mol. The van der Waals surface area contributed by atoms with Gasteiger partial charge in [0.25, 0.3) is 11.8 Å². The number of amides is 2. The Hall–Kier alpha value is -4.37. The number of carbonyl (C=O) groups excluding carboxylic acids is 2. The van der Waals surface area contributed by atoms with Crippen LogP contribution < -0.4 is 5.32 Å². The Bertz CT molecular complexity index is 1630. The predicted molar refractivity (Wildman–Crippen MR) is 134 cm³/mol. The van der Waals surface area contributed by atoms with Gasteiger partial charge in [0.1, 0.15) is 16.3 Å². The minimum absolute atomic E-state index is 0.0773. The summed E-state index contributed by atoms with van der Waals surface area (Å²) >= 11 is 1.50. The average Bonchev–Trinajstić information content (AvgIpc) is 3.45. The first-order valence-corrected chi connectivity index (χ1v) is 12.1. The molecule has 2 amide bonds. The van der Waals surface area contributed by atoms with Crippen LogP contribution in [0.1, 0.15) is 36.9 Å². The molecule has 3 aromatic carbocycles. The number of para-hydroxylation sites is 1. The van der Waals surface area contributed by atoms with Gasteiger partial charge in [-0.3, -0.25) is 14.6 Å². The van der Waals surface area contributed by atoms with Crippen LogP contribution in [-0.2, 0) is 19.6 Å². The third kappa shape index (κ3) is 3.74. The van der Waals surface area contributed by atoms with Crippen LogP contribution in [0.5, 0.6) is 5.75 Å². The second kappa shape index (κ2) is 8.69. The topological polar surface area (TPSA) is 95.4 Å². The molecule has 0 saturated heterocycles. The summed E-state index contributed by atoms with van der Waals surface area (Å²) in [6.07, 6.45) is 1.51. The van der Waals surface area contributed by atoms with Crippen molar-refractivity contribution in [3.63, 3.8) is 0 Å². The van der Waals surface area contributed by atoms with E-state index >= 15 is 0 Å². The third-order valence-corrected chi connectivity index (χ3v) is 7.28. The largest absolute Gasteiger partial charge is 0.505 e. The number of aromatic hydroxyl groups is 1. The van der Waals surface area contributed by atoms with Gasteiger partial charge in [-0.15, -0.1) is 11.3 Å². The predicted octanol–water partition coefficient (Wildman–Crippen LogP) is 4.78. The number of nitrogens with zero attached hydrogens (tertiary/aromatic N) is 3. The molecule has 0 atom stereocenters. The van der Waals surface area contributed by atoms with Crippen LogP contribution in [0.2, 0.25) is 0 Å². The summed E-state index contributed by atoms with van der Waals surface area (Å²) in [6, 6.07) is 17.0. The smallest absolute Gasteiger partial charge is 0.258 e. The SMILES string of the molecule is O=C(NCc1nc2ccccc2s1)c1c2c(c(O)c3ncccc13)C(=O)N(Cc1ccc(F)cc1)C2. The first-order chi connectivity index (χ1) is 17.5. The van der Waals surface area contributed by atoms with Crippen LogP contribution in [0.25, 0.3) is 21.1 Å². The first-order valence-electron chi connectivity index (χ1n) is 11.3. The number of fused-ring (bicyclic) bond motifs is 3. The van der Waals surface area contributed by atoms with Crippen molar-refractivity contribution in [3.8, 4) is 5.75 Å². The summed E-state index contributed by atoms with van der Waals surface area (Å²) in [5, 5.41) is 15.1. The molecule has 1 aliphatic rings. The van der Waals surface area contributed by atoms with E-state index in [4.69, 9.17) is 0 Å². The Morgan fingerprint density at radius 1 is 1.11 bits per heavy atom. The van der Waals surface area contributed by atoms with Crippen LogP contribution in [0.4, 0.5) is 4.39 Å². The van der Waals surface area contributed by atoms with Gasteiger partial charge in [0, 0.05) is 30.2 Å². The number of halogens is 1. The number of phenols is 1. The van der Waals surface area contributed by atoms with Crippen molar-refractivity contribution in [2.45, 2.75) is 19.6 Å². The Kier molecular flexibility index (Phi) is 5.34. The molecule has 178 valence electrons. The molecule has 5 aromatic rings. The standard InChI is InChI=1S/C27H19FN4O3S/c28-16-9-7-15(8-10-16)13-32-14-18-22(17-4-3-11-29-24(17)25(33)23(18)27(32)35)26(34)30-12-21-31-19-5-1-2-6-20(19)36-21/h1-11,33H,12-14H2,(H,30,34). The van der Waals surface area contributed by atoms with Crippen LogP contribution in [0.3, 0.4) is 0 Å². The van der Waals surface area contributed by atoms with Crippen molar-refractivity contribution in [1.82, 2.24) is 20.2 Å². The molecule has 1 aliphatic heterocycles. The lowest BCUT2D eigenvalue weighted by Gasteiger charge is -2.16. The highest BCUT2D eigenvalue weighted by molar-refractivity contribution is 7.18. The maximum absolute atomic E-state index is 13.5. The quantitative estimate of drug-likeness (QED) is 0.364. The second-order valence-corrected chi connectivity index (χ2v) is 9.64. The molecule has 0 bridgehead atoms. The molecular formula is C27H19FN4O3S. The number of benzene rings is 3. The van der Waals surface area contributed by atoms with E-state index in [0.717, 1.165) is 20.8 Å². The average molecular weight is 499 g/mol. The fraction of sp³-hybridized carbons (Fsp3) is 0.111.